The molecule has 0 aromatic heterocycles. The third-order valence-electron chi connectivity index (χ3n) is 13.9. The van der Waals surface area contributed by atoms with Crippen LogP contribution in [0.25, 0.3) is 0 Å². The van der Waals surface area contributed by atoms with E-state index in [1.807, 2.05) is 6.92 Å². The lowest BCUT2D eigenvalue weighted by Crippen LogP contribution is -2.62. The quantitative estimate of drug-likeness (QED) is 0.104. The minimum Gasteiger partial charge on any atom is -0.462 e. The number of aliphatic hydroxyl groups is 15. The number of aliphatic hydroxyl groups excluding tert-OH is 14. The van der Waals surface area contributed by atoms with Crippen molar-refractivity contribution in [1.29, 1.82) is 0 Å². The van der Waals surface area contributed by atoms with E-state index >= 15 is 0 Å². The molecule has 0 saturated carbocycles. The molecule has 0 aromatic rings. The van der Waals surface area contributed by atoms with Crippen LogP contribution in [0.5, 0.6) is 0 Å². The number of fused-ring (bicyclic) bond motifs is 2. The Morgan fingerprint density at radius 2 is 1.25 bits per heavy atom. The topological polar surface area (TPSA) is 413 Å². The average Bonchev–Trinajstić information content (AvgIpc) is 3.35. The van der Waals surface area contributed by atoms with E-state index in [0.717, 1.165) is 0 Å². The first-order valence-corrected chi connectivity index (χ1v) is 25.9. The maximum Gasteiger partial charge on any atom is 0.308 e. The van der Waals surface area contributed by atoms with Gasteiger partial charge in [0.05, 0.1) is 98.2 Å². The normalized spacial score (nSPS) is 39.4. The predicted octanol–water partition coefficient (Wildman–Crippen LogP) is -2.82. The Bertz CT molecular complexity index is 1930. The minimum atomic E-state index is -2.45. The molecule has 8 unspecified atom stereocenters. The molecule has 3 aliphatic heterocycles. The number of allylic oxidation sites excluding steroid dienone is 12. The number of hydrogen-bond acceptors (Lipinski definition) is 22. The highest BCUT2D eigenvalue weighted by Gasteiger charge is 2.51. The van der Waals surface area contributed by atoms with Crippen LogP contribution >= 0.6 is 0 Å². The predicted molar refractivity (Wildman–Crippen MR) is 273 cm³/mol. The van der Waals surface area contributed by atoms with Crippen molar-refractivity contribution in [3.63, 3.8) is 0 Å². The Morgan fingerprint density at radius 3 is 1.84 bits per heavy atom. The number of rotatable bonds is 9. The molecule has 23 heteroatoms. The van der Waals surface area contributed by atoms with Crippen molar-refractivity contribution in [1.82, 2.24) is 5.32 Å². The monoisotopic (exact) mass is 1090 g/mol. The summed E-state index contributed by atoms with van der Waals surface area (Å²) in [4.78, 5) is 26.6. The van der Waals surface area contributed by atoms with Crippen LogP contribution < -0.4 is 11.1 Å². The fourth-order valence-electron chi connectivity index (χ4n) is 9.00. The van der Waals surface area contributed by atoms with Gasteiger partial charge in [-0.05, 0) is 33.1 Å². The van der Waals surface area contributed by atoms with E-state index in [-0.39, 0.29) is 25.2 Å². The highest BCUT2D eigenvalue weighted by molar-refractivity contribution is 5.80. The SMILES string of the molecule is CC1[C@H](C)OC(=O)C[C@H](O)C[C@H](O)CC[C@@H](O)[C@H](O)C[C@H](O)C[C@]2(O)C[C@H](O)C(C(=O)NCC(O)C(O)C(O)C(O)CO)C(C[C@@H](OC3O[C@H](C)[C@@H](O)[C@H](N)[C@@H]3O)C=CC=CC=CC=CC=CC=CC=C[C@H](C)[C@H]1O)O2. The van der Waals surface area contributed by atoms with Crippen LogP contribution in [0.2, 0.25) is 0 Å². The van der Waals surface area contributed by atoms with Crippen LogP contribution in [-0.4, -0.2) is 224 Å². The summed E-state index contributed by atoms with van der Waals surface area (Å²) < 4.78 is 23.5. The standard InChI is InChI=1S/C53H86N2O21/c1-29-17-15-13-11-9-7-5-6-8-10-12-14-16-18-36(75-52-50(70)45(54)47(67)32(4)74-52)24-42-44(51(71)55-27-40(63)48(68)49(69)41(64)28-56)39(62)26-53(72,76-42)25-35(59)22-38(61)37(60)20-19-33(57)21-34(58)23-43(65)73-31(3)30(2)46(29)66/h5-18,29-42,44-50,52,56-64,66-70,72H,19-28,54H2,1-4H3,(H,55,71)/t29-,30?,31-,32+,33+,34+,35-,36-,37+,38+,39-,40?,41?,42?,44?,45-,46+,47+,48?,49?,50-,52?,53+/m0/s1. The molecule has 0 aromatic carbocycles. The summed E-state index contributed by atoms with van der Waals surface area (Å²) in [5, 5.41) is 162. The number of nitrogens with one attached hydrogen (secondary N) is 1. The van der Waals surface area contributed by atoms with Gasteiger partial charge in [-0.2, -0.15) is 0 Å². The number of cyclic esters (lactones) is 1. The zero-order valence-corrected chi connectivity index (χ0v) is 43.6. The van der Waals surface area contributed by atoms with Gasteiger partial charge in [-0.1, -0.05) is 98.9 Å². The number of carbonyl (C=O) groups is 2. The highest BCUT2D eigenvalue weighted by Crippen LogP contribution is 2.38. The molecule has 1 amide bonds. The first kappa shape index (κ1) is 66.6. The lowest BCUT2D eigenvalue weighted by atomic mass is 9.82. The van der Waals surface area contributed by atoms with Crippen molar-refractivity contribution in [2.24, 2.45) is 23.5 Å². The molecule has 23 nitrogen and oxygen atoms in total. The second kappa shape index (κ2) is 33.1. The van der Waals surface area contributed by atoms with E-state index in [1.165, 1.54) is 19.1 Å². The van der Waals surface area contributed by atoms with E-state index in [9.17, 15) is 86.2 Å². The molecule has 2 fully saturated rings. The van der Waals surface area contributed by atoms with Gasteiger partial charge in [0.2, 0.25) is 5.91 Å². The zero-order valence-electron chi connectivity index (χ0n) is 43.6. The van der Waals surface area contributed by atoms with Gasteiger partial charge in [0.25, 0.3) is 0 Å². The van der Waals surface area contributed by atoms with Crippen LogP contribution in [0.1, 0.15) is 79.1 Å². The van der Waals surface area contributed by atoms with Gasteiger partial charge in [-0.3, -0.25) is 9.59 Å². The second-order valence-electron chi connectivity index (χ2n) is 20.3. The number of nitrogens with two attached hydrogens (primary N) is 1. The van der Waals surface area contributed by atoms with Crippen molar-refractivity contribution >= 4 is 11.9 Å². The summed E-state index contributed by atoms with van der Waals surface area (Å²) in [6.45, 7) is 4.94. The van der Waals surface area contributed by atoms with Crippen molar-refractivity contribution in [3.05, 3.63) is 85.1 Å². The average molecular weight is 1090 g/mol. The molecular formula is C53H86N2O21. The molecule has 3 rings (SSSR count). The molecular weight excluding hydrogens is 1000 g/mol. The Morgan fingerprint density at radius 1 is 0.684 bits per heavy atom. The van der Waals surface area contributed by atoms with E-state index in [2.05, 4.69) is 5.32 Å². The van der Waals surface area contributed by atoms with Crippen molar-refractivity contribution in [2.45, 2.75) is 201 Å². The molecule has 0 aliphatic carbocycles. The number of amides is 1. The summed E-state index contributed by atoms with van der Waals surface area (Å²) in [6.07, 6.45) is -6.27. The number of esters is 1. The molecule has 2 saturated heterocycles. The van der Waals surface area contributed by atoms with E-state index < -0.39 is 191 Å². The minimum absolute atomic E-state index is 0.155. The summed E-state index contributed by atoms with van der Waals surface area (Å²) in [5.74, 6) is -6.61. The number of carbonyl (C=O) groups excluding carboxylic acids is 2. The van der Waals surface area contributed by atoms with Crippen molar-refractivity contribution < 1.29 is 105 Å². The summed E-state index contributed by atoms with van der Waals surface area (Å²) >= 11 is 0. The fourth-order valence-corrected chi connectivity index (χ4v) is 9.00. The molecule has 434 valence electrons. The number of hydrogen-bond donors (Lipinski definition) is 17. The largest absolute Gasteiger partial charge is 0.462 e. The van der Waals surface area contributed by atoms with Crippen LogP contribution in [0, 0.1) is 17.8 Å². The Balaban J connectivity index is 1.97. The summed E-state index contributed by atoms with van der Waals surface area (Å²) in [5.41, 5.74) is 6.08. The molecule has 23 atom stereocenters. The molecule has 2 bridgehead atoms. The highest BCUT2D eigenvalue weighted by atomic mass is 16.7. The van der Waals surface area contributed by atoms with Gasteiger partial charge in [-0.25, -0.2) is 0 Å². The Hall–Kier alpha value is -3.64. The third-order valence-corrected chi connectivity index (χ3v) is 13.9. The summed E-state index contributed by atoms with van der Waals surface area (Å²) in [7, 11) is 0. The van der Waals surface area contributed by atoms with Gasteiger partial charge in [0, 0.05) is 44.1 Å². The maximum atomic E-state index is 13.9. The molecule has 18 N–H and O–H groups in total. The van der Waals surface area contributed by atoms with Gasteiger partial charge in [-0.15, -0.1) is 0 Å². The molecule has 0 spiro atoms. The molecule has 3 aliphatic rings. The fraction of sp³-hybridized carbons (Fsp3) is 0.698. The van der Waals surface area contributed by atoms with Crippen molar-refractivity contribution in [2.75, 3.05) is 13.2 Å². The molecule has 76 heavy (non-hydrogen) atoms. The van der Waals surface area contributed by atoms with Gasteiger partial charge < -0.3 is 107 Å². The van der Waals surface area contributed by atoms with E-state index in [4.69, 9.17) is 24.7 Å². The number of ether oxygens (including phenoxy) is 4. The van der Waals surface area contributed by atoms with Crippen LogP contribution in [0.3, 0.4) is 0 Å². The van der Waals surface area contributed by atoms with Crippen LogP contribution in [0.15, 0.2) is 85.1 Å². The maximum absolute atomic E-state index is 13.9. The van der Waals surface area contributed by atoms with Crippen LogP contribution in [-0.2, 0) is 28.5 Å². The van der Waals surface area contributed by atoms with E-state index in [0.29, 0.717) is 0 Å². The zero-order chi connectivity index (χ0) is 56.9. The first-order valence-electron chi connectivity index (χ1n) is 25.9. The van der Waals surface area contributed by atoms with E-state index in [1.54, 1.807) is 86.8 Å². The van der Waals surface area contributed by atoms with Crippen LogP contribution in [0.4, 0.5) is 0 Å². The lowest BCUT2D eigenvalue weighted by molar-refractivity contribution is -0.307. The third kappa shape index (κ3) is 21.9. The molecule has 3 heterocycles. The smallest absolute Gasteiger partial charge is 0.308 e. The second-order valence-corrected chi connectivity index (χ2v) is 20.3. The first-order chi connectivity index (χ1) is 35.8. The van der Waals surface area contributed by atoms with Gasteiger partial charge in [0.15, 0.2) is 12.1 Å². The lowest BCUT2D eigenvalue weighted by Gasteiger charge is -2.46. The Labute approximate surface area is 443 Å². The van der Waals surface area contributed by atoms with Gasteiger partial charge in [0.1, 0.15) is 30.5 Å². The van der Waals surface area contributed by atoms with Gasteiger partial charge >= 0.3 is 5.97 Å². The summed E-state index contributed by atoms with van der Waals surface area (Å²) in [6, 6.07) is -1.22. The van der Waals surface area contributed by atoms with Crippen molar-refractivity contribution in [3.8, 4) is 0 Å². The molecule has 0 radical (unpaired) electrons. The Kier molecular flexibility index (Phi) is 29.0.